The summed E-state index contributed by atoms with van der Waals surface area (Å²) < 4.78 is 4.80. The second-order valence-corrected chi connectivity index (χ2v) is 4.43. The summed E-state index contributed by atoms with van der Waals surface area (Å²) in [6.45, 7) is 8.01. The zero-order valence-electron chi connectivity index (χ0n) is 11.1. The van der Waals surface area contributed by atoms with E-state index in [1.807, 2.05) is 45.9 Å². The fourth-order valence-electron chi connectivity index (χ4n) is 1.68. The van der Waals surface area contributed by atoms with Gasteiger partial charge in [0.2, 0.25) is 0 Å². The molecular weight excluding hydrogens is 227 g/mol. The van der Waals surface area contributed by atoms with Crippen molar-refractivity contribution < 1.29 is 44.2 Å². The summed E-state index contributed by atoms with van der Waals surface area (Å²) in [6.07, 6.45) is -1.50. The van der Waals surface area contributed by atoms with Gasteiger partial charge in [-0.25, -0.2) is 0 Å². The molecule has 0 spiro atoms. The summed E-state index contributed by atoms with van der Waals surface area (Å²) in [4.78, 5) is 10.6. The van der Waals surface area contributed by atoms with Crippen LogP contribution in [0.2, 0.25) is 0 Å². The smallest absolute Gasteiger partial charge is 0.513 e. The maximum absolute atomic E-state index is 10.6. The minimum atomic E-state index is -1.50. The summed E-state index contributed by atoms with van der Waals surface area (Å²) in [6, 6.07) is 5.69. The van der Waals surface area contributed by atoms with Crippen LogP contribution in [0.25, 0.3) is 0 Å². The summed E-state index contributed by atoms with van der Waals surface area (Å²) in [5, 5.41) is 10.6. The van der Waals surface area contributed by atoms with Crippen LogP contribution >= 0.6 is 0 Å². The Morgan fingerprint density at radius 3 is 1.82 bits per heavy atom. The van der Waals surface area contributed by atoms with E-state index in [4.69, 9.17) is 4.74 Å². The molecule has 0 unspecified atom stereocenters. The third-order valence-corrected chi connectivity index (χ3v) is 2.51. The second kappa shape index (κ2) is 7.04. The molecule has 4 heteroatoms. The molecule has 0 aliphatic heterocycles. The molecule has 0 atom stereocenters. The van der Waals surface area contributed by atoms with Gasteiger partial charge < -0.3 is 14.6 Å². The third kappa shape index (κ3) is 4.34. The number of hydrogen-bond acceptors (Lipinski definition) is 3. The molecule has 0 saturated heterocycles. The molecule has 3 nitrogen and oxygen atoms in total. The molecule has 88 valence electrons. The summed E-state index contributed by atoms with van der Waals surface area (Å²) in [5.74, 6) is 0.869. The summed E-state index contributed by atoms with van der Waals surface area (Å²) in [7, 11) is 0. The van der Waals surface area contributed by atoms with Crippen molar-refractivity contribution in [2.75, 3.05) is 0 Å². The van der Waals surface area contributed by atoms with E-state index in [9.17, 15) is 9.90 Å². The number of benzene rings is 1. The van der Waals surface area contributed by atoms with Crippen molar-refractivity contribution in [1.82, 2.24) is 0 Å². The molecule has 0 bridgehead atoms. The van der Waals surface area contributed by atoms with Crippen molar-refractivity contribution in [2.45, 2.75) is 39.5 Å². The Balaban J connectivity index is 0.00000256. The first-order chi connectivity index (χ1) is 7.43. The topological polar surface area (TPSA) is 49.4 Å². The van der Waals surface area contributed by atoms with E-state index in [0.717, 1.165) is 11.1 Å². The van der Waals surface area contributed by atoms with Crippen LogP contribution < -0.4 is 39.4 Å². The van der Waals surface area contributed by atoms with Crippen molar-refractivity contribution in [3.8, 4) is 5.75 Å². The Morgan fingerprint density at radius 2 is 1.53 bits per heavy atom. The van der Waals surface area contributed by atoms with E-state index < -0.39 is 6.16 Å². The van der Waals surface area contributed by atoms with Crippen LogP contribution in [0.3, 0.4) is 0 Å². The van der Waals surface area contributed by atoms with Gasteiger partial charge >= 0.3 is 29.6 Å². The first kappa shape index (κ1) is 16.5. The molecule has 0 aliphatic rings. The Morgan fingerprint density at radius 1 is 1.12 bits per heavy atom. The zero-order chi connectivity index (χ0) is 12.3. The van der Waals surface area contributed by atoms with Crippen LogP contribution in [0.4, 0.5) is 4.79 Å². The fourth-order valence-corrected chi connectivity index (χ4v) is 1.68. The molecule has 1 aromatic carbocycles. The SMILES string of the molecule is CC(C)c1cccc(C(C)C)c1OC(=O)[O-].[Na+]. The third-order valence-electron chi connectivity index (χ3n) is 2.51. The molecule has 1 aromatic rings. The Bertz CT molecular complexity index is 360. The standard InChI is InChI=1S/C13H18O3.Na/c1-8(2)10-6-5-7-11(9(3)4)12(10)16-13(14)15;/h5-9H,1-4H3,(H,14,15);/q;+1/p-1. The quantitative estimate of drug-likeness (QED) is 0.415. The fraction of sp³-hybridized carbons (Fsp3) is 0.462. The molecule has 0 radical (unpaired) electrons. The van der Waals surface area contributed by atoms with Gasteiger partial charge in [0.15, 0.2) is 0 Å². The van der Waals surface area contributed by atoms with Crippen molar-refractivity contribution >= 4 is 6.16 Å². The number of carboxylic acid groups (broad SMARTS) is 1. The first-order valence-corrected chi connectivity index (χ1v) is 5.45. The van der Waals surface area contributed by atoms with Gasteiger partial charge in [-0.15, -0.1) is 0 Å². The van der Waals surface area contributed by atoms with E-state index in [1.165, 1.54) is 0 Å². The van der Waals surface area contributed by atoms with E-state index >= 15 is 0 Å². The summed E-state index contributed by atoms with van der Waals surface area (Å²) >= 11 is 0. The number of ether oxygens (including phenoxy) is 1. The van der Waals surface area contributed by atoms with E-state index in [2.05, 4.69) is 0 Å². The number of para-hydroxylation sites is 1. The largest absolute Gasteiger partial charge is 1.00 e. The number of rotatable bonds is 3. The van der Waals surface area contributed by atoms with Gasteiger partial charge in [0.05, 0.1) is 5.75 Å². The Labute approximate surface area is 124 Å². The van der Waals surface area contributed by atoms with Crippen LogP contribution in [-0.2, 0) is 0 Å². The van der Waals surface area contributed by atoms with Crippen LogP contribution in [0.5, 0.6) is 5.75 Å². The normalized spacial score (nSPS) is 10.2. The van der Waals surface area contributed by atoms with Crippen LogP contribution in [0, 0.1) is 0 Å². The average Bonchev–Trinajstić information content (AvgIpc) is 2.16. The van der Waals surface area contributed by atoms with Crippen molar-refractivity contribution in [2.24, 2.45) is 0 Å². The van der Waals surface area contributed by atoms with Crippen molar-refractivity contribution in [3.05, 3.63) is 29.3 Å². The minimum Gasteiger partial charge on any atom is -0.513 e. The molecule has 0 fully saturated rings. The molecule has 0 heterocycles. The van der Waals surface area contributed by atoms with Gasteiger partial charge in [-0.1, -0.05) is 45.9 Å². The van der Waals surface area contributed by atoms with Gasteiger partial charge in [0.1, 0.15) is 0 Å². The predicted octanol–water partition coefficient (Wildman–Crippen LogP) is -0.341. The molecule has 17 heavy (non-hydrogen) atoms. The molecular formula is C13H17NaO3. The molecule has 0 saturated carbocycles. The zero-order valence-corrected chi connectivity index (χ0v) is 13.1. The van der Waals surface area contributed by atoms with Gasteiger partial charge in [-0.05, 0) is 23.0 Å². The monoisotopic (exact) mass is 244 g/mol. The van der Waals surface area contributed by atoms with Crippen LogP contribution in [-0.4, -0.2) is 6.16 Å². The van der Waals surface area contributed by atoms with Crippen LogP contribution in [0.1, 0.15) is 50.7 Å². The summed E-state index contributed by atoms with van der Waals surface area (Å²) in [5.41, 5.74) is 1.80. The van der Waals surface area contributed by atoms with Gasteiger partial charge in [0.25, 0.3) is 6.16 Å². The van der Waals surface area contributed by atoms with Crippen molar-refractivity contribution in [3.63, 3.8) is 0 Å². The Hall–Kier alpha value is -0.510. The van der Waals surface area contributed by atoms with Gasteiger partial charge in [0, 0.05) is 0 Å². The van der Waals surface area contributed by atoms with E-state index in [-0.39, 0.29) is 41.4 Å². The average molecular weight is 244 g/mol. The number of hydrogen-bond donors (Lipinski definition) is 0. The maximum Gasteiger partial charge on any atom is 1.00 e. The van der Waals surface area contributed by atoms with E-state index in [1.54, 1.807) is 0 Å². The van der Waals surface area contributed by atoms with E-state index in [0.29, 0.717) is 5.75 Å². The molecule has 0 amide bonds. The van der Waals surface area contributed by atoms with Gasteiger partial charge in [-0.2, -0.15) is 0 Å². The minimum absolute atomic E-state index is 0. The molecule has 0 aliphatic carbocycles. The first-order valence-electron chi connectivity index (χ1n) is 5.45. The number of carbonyl (C=O) groups excluding carboxylic acids is 1. The second-order valence-electron chi connectivity index (χ2n) is 4.43. The maximum atomic E-state index is 10.6. The van der Waals surface area contributed by atoms with Crippen LogP contribution in [0.15, 0.2) is 18.2 Å². The molecule has 0 aromatic heterocycles. The van der Waals surface area contributed by atoms with Crippen molar-refractivity contribution in [1.29, 1.82) is 0 Å². The predicted molar refractivity (Wildman–Crippen MR) is 60.6 cm³/mol. The molecule has 1 rings (SSSR count). The molecule has 0 N–H and O–H groups in total. The number of carbonyl (C=O) groups is 1. The Kier molecular flexibility index (Phi) is 6.83. The van der Waals surface area contributed by atoms with Gasteiger partial charge in [-0.3, -0.25) is 0 Å².